The fraction of sp³-hybridized carbons (Fsp3) is 0.833. The Balaban J connectivity index is 4.14. The molecule has 0 radical (unpaired) electrons. The van der Waals surface area contributed by atoms with Crippen molar-refractivity contribution in [3.63, 3.8) is 0 Å². The highest BCUT2D eigenvalue weighted by Crippen LogP contribution is 2.14. The van der Waals surface area contributed by atoms with E-state index in [0.717, 1.165) is 12.8 Å². The highest BCUT2D eigenvalue weighted by Gasteiger charge is 2.16. The Hall–Kier alpha value is -1.06. The lowest BCUT2D eigenvalue weighted by atomic mass is 9.99. The van der Waals surface area contributed by atoms with Crippen LogP contribution in [0.4, 0.5) is 0 Å². The first-order valence-electron chi connectivity index (χ1n) is 6.04. The van der Waals surface area contributed by atoms with E-state index < -0.39 is 5.97 Å². The fourth-order valence-corrected chi connectivity index (χ4v) is 1.64. The minimum absolute atomic E-state index is 0.0303. The Morgan fingerprint density at radius 3 is 2.12 bits per heavy atom. The van der Waals surface area contributed by atoms with Crippen LogP contribution in [0.3, 0.4) is 0 Å². The quantitative estimate of drug-likeness (QED) is 0.693. The molecule has 1 amide bonds. The number of carbonyl (C=O) groups excluding carboxylic acids is 1. The van der Waals surface area contributed by atoms with Gasteiger partial charge in [-0.05, 0) is 12.8 Å². The van der Waals surface area contributed by atoms with E-state index in [9.17, 15) is 9.59 Å². The predicted octanol–water partition coefficient (Wildman–Crippen LogP) is 2.14. The van der Waals surface area contributed by atoms with Crippen molar-refractivity contribution in [3.05, 3.63) is 0 Å². The van der Waals surface area contributed by atoms with E-state index in [-0.39, 0.29) is 12.3 Å². The molecule has 0 spiro atoms. The van der Waals surface area contributed by atoms with Gasteiger partial charge in [-0.3, -0.25) is 9.59 Å². The van der Waals surface area contributed by atoms with E-state index in [1.165, 1.54) is 0 Å². The molecule has 0 heterocycles. The van der Waals surface area contributed by atoms with Crippen LogP contribution in [0.2, 0.25) is 0 Å². The lowest BCUT2D eigenvalue weighted by Crippen LogP contribution is -2.33. The van der Waals surface area contributed by atoms with Crippen LogP contribution in [0, 0.1) is 5.92 Å². The van der Waals surface area contributed by atoms with Gasteiger partial charge in [-0.1, -0.05) is 26.7 Å². The van der Waals surface area contributed by atoms with Crippen LogP contribution in [0.25, 0.3) is 0 Å². The smallest absolute Gasteiger partial charge is 0.305 e. The van der Waals surface area contributed by atoms with Crippen LogP contribution < -0.4 is 0 Å². The standard InChI is InChI=1S/C12H23NO3/c1-4-10(5-2)9-11(14)13(6-3)8-7-12(15)16/h10H,4-9H2,1-3H3,(H,15,16). The van der Waals surface area contributed by atoms with Gasteiger partial charge < -0.3 is 10.0 Å². The molecule has 0 aromatic carbocycles. The van der Waals surface area contributed by atoms with Crippen molar-refractivity contribution in [2.75, 3.05) is 13.1 Å². The number of carbonyl (C=O) groups is 2. The summed E-state index contributed by atoms with van der Waals surface area (Å²) in [5.41, 5.74) is 0. The molecule has 0 rings (SSSR count). The Morgan fingerprint density at radius 1 is 1.19 bits per heavy atom. The molecule has 0 atom stereocenters. The summed E-state index contributed by atoms with van der Waals surface area (Å²) in [5.74, 6) is -0.349. The zero-order valence-corrected chi connectivity index (χ0v) is 10.5. The van der Waals surface area contributed by atoms with Gasteiger partial charge in [0, 0.05) is 19.5 Å². The second-order valence-corrected chi connectivity index (χ2v) is 4.00. The third-order valence-corrected chi connectivity index (χ3v) is 2.95. The van der Waals surface area contributed by atoms with E-state index in [2.05, 4.69) is 13.8 Å². The van der Waals surface area contributed by atoms with Gasteiger partial charge in [0.25, 0.3) is 0 Å². The topological polar surface area (TPSA) is 57.6 Å². The molecule has 1 N–H and O–H groups in total. The summed E-state index contributed by atoms with van der Waals surface area (Å²) in [6, 6.07) is 0. The van der Waals surface area contributed by atoms with Crippen molar-refractivity contribution in [1.29, 1.82) is 0 Å². The second-order valence-electron chi connectivity index (χ2n) is 4.00. The highest BCUT2D eigenvalue weighted by atomic mass is 16.4. The SMILES string of the molecule is CCC(CC)CC(=O)N(CC)CCC(=O)O. The number of amides is 1. The zero-order valence-electron chi connectivity index (χ0n) is 10.5. The van der Waals surface area contributed by atoms with E-state index >= 15 is 0 Å². The van der Waals surface area contributed by atoms with Crippen molar-refractivity contribution < 1.29 is 14.7 Å². The molecule has 16 heavy (non-hydrogen) atoms. The maximum atomic E-state index is 11.8. The van der Waals surface area contributed by atoms with E-state index in [1.807, 2.05) is 6.92 Å². The van der Waals surface area contributed by atoms with Gasteiger partial charge in [0.15, 0.2) is 0 Å². The van der Waals surface area contributed by atoms with Crippen LogP contribution in [-0.4, -0.2) is 35.0 Å². The van der Waals surface area contributed by atoms with Gasteiger partial charge in [-0.2, -0.15) is 0 Å². The lowest BCUT2D eigenvalue weighted by Gasteiger charge is -2.22. The van der Waals surface area contributed by atoms with Crippen LogP contribution in [0.1, 0.15) is 46.5 Å². The summed E-state index contributed by atoms with van der Waals surface area (Å²) in [6.45, 7) is 6.95. The summed E-state index contributed by atoms with van der Waals surface area (Å²) in [5, 5.41) is 8.58. The summed E-state index contributed by atoms with van der Waals surface area (Å²) in [6.07, 6.45) is 2.57. The minimum Gasteiger partial charge on any atom is -0.481 e. The molecule has 0 unspecified atom stereocenters. The van der Waals surface area contributed by atoms with Crippen molar-refractivity contribution in [2.45, 2.75) is 46.5 Å². The molecule has 4 heteroatoms. The van der Waals surface area contributed by atoms with E-state index in [1.54, 1.807) is 4.90 Å². The molecule has 0 aliphatic heterocycles. The van der Waals surface area contributed by atoms with Crippen molar-refractivity contribution in [2.24, 2.45) is 5.92 Å². The largest absolute Gasteiger partial charge is 0.481 e. The molecule has 4 nitrogen and oxygen atoms in total. The first-order valence-corrected chi connectivity index (χ1v) is 6.04. The fourth-order valence-electron chi connectivity index (χ4n) is 1.64. The summed E-state index contributed by atoms with van der Waals surface area (Å²) < 4.78 is 0. The minimum atomic E-state index is -0.853. The molecule has 0 saturated carbocycles. The zero-order chi connectivity index (χ0) is 12.6. The average Bonchev–Trinajstić information content (AvgIpc) is 2.26. The van der Waals surface area contributed by atoms with Crippen molar-refractivity contribution >= 4 is 11.9 Å². The highest BCUT2D eigenvalue weighted by molar-refractivity contribution is 5.77. The van der Waals surface area contributed by atoms with Gasteiger partial charge in [-0.25, -0.2) is 0 Å². The molecule has 0 saturated heterocycles. The number of nitrogens with zero attached hydrogens (tertiary/aromatic N) is 1. The number of hydrogen-bond donors (Lipinski definition) is 1. The van der Waals surface area contributed by atoms with Gasteiger partial charge >= 0.3 is 5.97 Å². The molecule has 94 valence electrons. The Morgan fingerprint density at radius 2 is 1.75 bits per heavy atom. The number of hydrogen-bond acceptors (Lipinski definition) is 2. The molecule has 0 aromatic rings. The molecule has 0 bridgehead atoms. The molecular weight excluding hydrogens is 206 g/mol. The molecule has 0 aliphatic rings. The number of rotatable bonds is 8. The first kappa shape index (κ1) is 14.9. The average molecular weight is 229 g/mol. The number of aliphatic carboxylic acids is 1. The van der Waals surface area contributed by atoms with Gasteiger partial charge in [0.1, 0.15) is 0 Å². The number of carboxylic acid groups (broad SMARTS) is 1. The first-order chi connectivity index (χ1) is 7.54. The van der Waals surface area contributed by atoms with Crippen LogP contribution in [0.5, 0.6) is 0 Å². The third-order valence-electron chi connectivity index (χ3n) is 2.95. The van der Waals surface area contributed by atoms with Crippen LogP contribution >= 0.6 is 0 Å². The monoisotopic (exact) mass is 229 g/mol. The van der Waals surface area contributed by atoms with Gasteiger partial charge in [-0.15, -0.1) is 0 Å². The van der Waals surface area contributed by atoms with Crippen molar-refractivity contribution in [1.82, 2.24) is 4.90 Å². The summed E-state index contributed by atoms with van der Waals surface area (Å²) in [7, 11) is 0. The summed E-state index contributed by atoms with van der Waals surface area (Å²) >= 11 is 0. The molecule has 0 fully saturated rings. The predicted molar refractivity (Wildman–Crippen MR) is 63.2 cm³/mol. The van der Waals surface area contributed by atoms with Gasteiger partial charge in [0.2, 0.25) is 5.91 Å². The third kappa shape index (κ3) is 5.73. The maximum Gasteiger partial charge on any atom is 0.305 e. The maximum absolute atomic E-state index is 11.8. The lowest BCUT2D eigenvalue weighted by molar-refractivity contribution is -0.138. The van der Waals surface area contributed by atoms with Gasteiger partial charge in [0.05, 0.1) is 6.42 Å². The van der Waals surface area contributed by atoms with Crippen LogP contribution in [-0.2, 0) is 9.59 Å². The van der Waals surface area contributed by atoms with Crippen molar-refractivity contribution in [3.8, 4) is 0 Å². The van der Waals surface area contributed by atoms with E-state index in [0.29, 0.717) is 25.4 Å². The Labute approximate surface area is 97.6 Å². The second kappa shape index (κ2) is 8.13. The molecule has 0 aliphatic carbocycles. The number of carboxylic acids is 1. The van der Waals surface area contributed by atoms with E-state index in [4.69, 9.17) is 5.11 Å². The Bertz CT molecular complexity index is 224. The Kier molecular flexibility index (Phi) is 7.60. The normalized spacial score (nSPS) is 10.5. The molecular formula is C12H23NO3. The van der Waals surface area contributed by atoms with Crippen LogP contribution in [0.15, 0.2) is 0 Å². The molecule has 0 aromatic heterocycles. The summed E-state index contributed by atoms with van der Waals surface area (Å²) in [4.78, 5) is 23.9.